The van der Waals surface area contributed by atoms with Crippen LogP contribution in [-0.4, -0.2) is 101 Å². The minimum absolute atomic E-state index is 0.143. The van der Waals surface area contributed by atoms with Crippen molar-refractivity contribution in [1.82, 2.24) is 29.9 Å². The summed E-state index contributed by atoms with van der Waals surface area (Å²) in [4.78, 5) is 31.7. The number of rotatable bonds is 16. The highest BCUT2D eigenvalue weighted by Crippen LogP contribution is 2.32. The molecule has 0 aliphatic carbocycles. The van der Waals surface area contributed by atoms with Crippen molar-refractivity contribution in [3.63, 3.8) is 0 Å². The molecule has 2 aromatic heterocycles. The summed E-state index contributed by atoms with van der Waals surface area (Å²) in [6.07, 6.45) is 3.14. The second kappa shape index (κ2) is 19.9. The molecule has 2 saturated heterocycles. The lowest BCUT2D eigenvalue weighted by atomic mass is 10.1. The molecule has 22 heteroatoms. The minimum Gasteiger partial charge on any atom is -0.378 e. The van der Waals surface area contributed by atoms with Gasteiger partial charge in [-0.15, -0.1) is 4.33 Å². The Morgan fingerprint density at radius 1 is 0.581 bits per heavy atom. The van der Waals surface area contributed by atoms with Gasteiger partial charge in [-0.3, -0.25) is 4.55 Å². The van der Waals surface area contributed by atoms with Gasteiger partial charge in [-0.2, -0.15) is 38.3 Å². The molecule has 4 aromatic carbocycles. The van der Waals surface area contributed by atoms with E-state index >= 15 is 0 Å². The molecule has 8 rings (SSSR count). The van der Waals surface area contributed by atoms with E-state index in [2.05, 4.69) is 56.2 Å². The summed E-state index contributed by atoms with van der Waals surface area (Å²) in [7, 11) is -4.73. The molecular formula is C40H40N12O8S2. The average molecular weight is 881 g/mol. The van der Waals surface area contributed by atoms with Crippen LogP contribution in [0.4, 0.5) is 58.4 Å². The third-order valence-electron chi connectivity index (χ3n) is 9.31. The Labute approximate surface area is 360 Å². The van der Waals surface area contributed by atoms with Crippen LogP contribution in [0.3, 0.4) is 0 Å². The molecule has 4 heterocycles. The highest BCUT2D eigenvalue weighted by atomic mass is 32.2. The Bertz CT molecular complexity index is 2600. The van der Waals surface area contributed by atoms with E-state index in [9.17, 15) is 13.0 Å². The molecule has 0 unspecified atom stereocenters. The molecule has 0 spiro atoms. The highest BCUT2D eigenvalue weighted by Gasteiger charge is 2.21. The van der Waals surface area contributed by atoms with Crippen LogP contribution in [0, 0.1) is 0 Å². The van der Waals surface area contributed by atoms with Gasteiger partial charge in [0.2, 0.25) is 35.7 Å². The first-order valence-electron chi connectivity index (χ1n) is 19.2. The molecule has 0 saturated carbocycles. The van der Waals surface area contributed by atoms with Crippen LogP contribution in [0.2, 0.25) is 0 Å². The largest absolute Gasteiger partial charge is 0.378 e. The van der Waals surface area contributed by atoms with Crippen LogP contribution < -0.4 is 31.1 Å². The molecule has 0 radical (unpaired) electrons. The van der Waals surface area contributed by atoms with Crippen molar-refractivity contribution in [2.75, 3.05) is 83.7 Å². The molecular weight excluding hydrogens is 841 g/mol. The number of nitrogens with zero attached hydrogens (tertiary/aromatic N) is 8. The van der Waals surface area contributed by atoms with Crippen molar-refractivity contribution in [3.05, 3.63) is 108 Å². The van der Waals surface area contributed by atoms with Crippen LogP contribution in [-0.2, 0) is 29.0 Å². The van der Waals surface area contributed by atoms with Gasteiger partial charge in [0.25, 0.3) is 10.1 Å². The van der Waals surface area contributed by atoms with Gasteiger partial charge in [0.05, 0.1) is 38.5 Å². The van der Waals surface area contributed by atoms with Crippen molar-refractivity contribution in [1.29, 1.82) is 0 Å². The topological polar surface area (TPSA) is 243 Å². The summed E-state index contributed by atoms with van der Waals surface area (Å²) < 4.78 is 51.8. The van der Waals surface area contributed by atoms with E-state index in [1.807, 2.05) is 70.5 Å². The van der Waals surface area contributed by atoms with Crippen molar-refractivity contribution in [3.8, 4) is 0 Å². The summed E-state index contributed by atoms with van der Waals surface area (Å²) in [6.45, 7) is 4.46. The molecule has 2 aliphatic heterocycles. The molecule has 0 amide bonds. The summed E-state index contributed by atoms with van der Waals surface area (Å²) >= 11 is 0.701. The molecule has 320 valence electrons. The van der Waals surface area contributed by atoms with Crippen LogP contribution >= 0.6 is 12.0 Å². The molecule has 6 N–H and O–H groups in total. The third kappa shape index (κ3) is 11.2. The molecule has 6 aromatic rings. The number of para-hydroxylation sites is 2. The predicted octanol–water partition coefficient (Wildman–Crippen LogP) is 6.55. The first-order valence-corrected chi connectivity index (χ1v) is 21.4. The number of benzene rings is 4. The highest BCUT2D eigenvalue weighted by molar-refractivity contribution is 7.94. The number of nitrogens with one attached hydrogen (secondary N) is 4. The molecule has 20 nitrogen and oxygen atoms in total. The van der Waals surface area contributed by atoms with Crippen LogP contribution in [0.1, 0.15) is 11.1 Å². The normalized spacial score (nSPS) is 14.5. The first-order chi connectivity index (χ1) is 30.3. The van der Waals surface area contributed by atoms with E-state index in [1.165, 1.54) is 18.2 Å². The molecule has 62 heavy (non-hydrogen) atoms. The smallest absolute Gasteiger partial charge is 0.295 e. The Hall–Kier alpha value is -6.50. The summed E-state index contributed by atoms with van der Waals surface area (Å²) in [5.41, 5.74) is 3.10. The van der Waals surface area contributed by atoms with Crippen LogP contribution in [0.15, 0.2) is 107 Å². The molecule has 0 atom stereocenters. The first kappa shape index (κ1) is 42.2. The lowest BCUT2D eigenvalue weighted by Crippen LogP contribution is -2.37. The number of ether oxygens (including phenoxy) is 2. The van der Waals surface area contributed by atoms with Gasteiger partial charge in [-0.1, -0.05) is 65.7 Å². The molecule has 0 bridgehead atoms. The Morgan fingerprint density at radius 3 is 1.48 bits per heavy atom. The summed E-state index contributed by atoms with van der Waals surface area (Å²) in [5, 5.41) is 25.6. The fourth-order valence-electron chi connectivity index (χ4n) is 6.35. The lowest BCUT2D eigenvalue weighted by Gasteiger charge is -2.27. The zero-order valence-corrected chi connectivity index (χ0v) is 34.4. The van der Waals surface area contributed by atoms with E-state index in [-0.39, 0.29) is 34.0 Å². The number of hydrogen-bond donors (Lipinski definition) is 6. The zero-order valence-electron chi connectivity index (χ0n) is 32.8. The average Bonchev–Trinajstić information content (AvgIpc) is 3.29. The van der Waals surface area contributed by atoms with Gasteiger partial charge in [0.15, 0.2) is 0 Å². The van der Waals surface area contributed by atoms with Crippen molar-refractivity contribution in [2.45, 2.75) is 9.79 Å². The number of anilines is 10. The fraction of sp³-hybridized carbons (Fsp3) is 0.200. The van der Waals surface area contributed by atoms with Crippen molar-refractivity contribution in [2.24, 2.45) is 0 Å². The second-order valence-corrected chi connectivity index (χ2v) is 15.7. The summed E-state index contributed by atoms with van der Waals surface area (Å²) in [5.74, 6) is 1.86. The lowest BCUT2D eigenvalue weighted by molar-refractivity contribution is -0.432. The molecule has 2 aliphatic rings. The van der Waals surface area contributed by atoms with Gasteiger partial charge in [0, 0.05) is 53.8 Å². The van der Waals surface area contributed by atoms with Gasteiger partial charge < -0.3 is 40.5 Å². The van der Waals surface area contributed by atoms with Gasteiger partial charge in [-0.25, -0.2) is 5.26 Å². The maximum Gasteiger partial charge on any atom is 0.295 e. The Balaban J connectivity index is 1.05. The van der Waals surface area contributed by atoms with Crippen molar-refractivity contribution < 1.29 is 37.1 Å². The monoisotopic (exact) mass is 880 g/mol. The summed E-state index contributed by atoms with van der Waals surface area (Å²) in [6, 6.07) is 28.5. The second-order valence-electron chi connectivity index (χ2n) is 13.5. The van der Waals surface area contributed by atoms with E-state index in [0.717, 1.165) is 11.4 Å². The standard InChI is InChI=1S/C40H40N12O8S2/c53-59-60-61-33-25-31(43-37-45-35(41-29-7-3-1-4-8-29)47-39(49-37)51-17-21-57-22-18-51)15-13-27(33)11-12-28-14-16-32(26-34(28)62(54,55)56)44-38-46-36(42-30-9-5-2-6-10-30)48-40(50-38)52-19-23-58-24-20-52/h1-16,25-26,53H,17-24H2,(H,54,55,56)(H2,41,43,45,47,49)(H2,42,44,46,48,50). The van der Waals surface area contributed by atoms with E-state index < -0.39 is 10.1 Å². The number of hydrogen-bond acceptors (Lipinski definition) is 20. The van der Waals surface area contributed by atoms with E-state index in [0.29, 0.717) is 98.6 Å². The number of morpholine rings is 2. The van der Waals surface area contributed by atoms with Crippen molar-refractivity contribution >= 4 is 92.8 Å². The predicted molar refractivity (Wildman–Crippen MR) is 234 cm³/mol. The van der Waals surface area contributed by atoms with E-state index in [1.54, 1.807) is 30.3 Å². The Morgan fingerprint density at radius 2 is 1.02 bits per heavy atom. The molecule has 2 fully saturated rings. The van der Waals surface area contributed by atoms with Gasteiger partial charge in [-0.05, 0) is 59.7 Å². The van der Waals surface area contributed by atoms with Crippen LogP contribution in [0.5, 0.6) is 0 Å². The third-order valence-corrected chi connectivity index (χ3v) is 10.9. The SMILES string of the molecule is O=S(=O)(O)c1cc(Nc2nc(Nc3ccccc3)nc(N3CCOCC3)n2)ccc1C=Cc1ccc(Nc2nc(Nc3ccccc3)nc(N3CCOCC3)n2)cc1SOOO. The maximum absolute atomic E-state index is 12.8. The van der Waals surface area contributed by atoms with Gasteiger partial charge in [0.1, 0.15) is 4.90 Å². The number of aromatic nitrogens is 6. The van der Waals surface area contributed by atoms with Gasteiger partial charge >= 0.3 is 0 Å². The quantitative estimate of drug-likeness (QED) is 0.0198. The zero-order chi connectivity index (χ0) is 42.7. The van der Waals surface area contributed by atoms with Crippen LogP contribution in [0.25, 0.3) is 12.2 Å². The maximum atomic E-state index is 12.8. The minimum atomic E-state index is -4.73. The Kier molecular flexibility index (Phi) is 13.6. The van der Waals surface area contributed by atoms with E-state index in [4.69, 9.17) is 19.1 Å². The fourth-order valence-corrected chi connectivity index (χ4v) is 7.57.